The predicted octanol–water partition coefficient (Wildman–Crippen LogP) is 4.42. The van der Waals surface area contributed by atoms with E-state index in [9.17, 15) is 9.18 Å². The van der Waals surface area contributed by atoms with Gasteiger partial charge in [0.25, 0.3) is 0 Å². The Morgan fingerprint density at radius 1 is 0.962 bits per heavy atom. The van der Waals surface area contributed by atoms with E-state index in [1.807, 2.05) is 36.4 Å². The maximum atomic E-state index is 13.6. The first-order valence-electron chi connectivity index (χ1n) is 8.44. The summed E-state index contributed by atoms with van der Waals surface area (Å²) in [5.41, 5.74) is 1.03. The van der Waals surface area contributed by atoms with E-state index in [0.29, 0.717) is 18.8 Å². The highest BCUT2D eigenvalue weighted by molar-refractivity contribution is 5.76. The summed E-state index contributed by atoms with van der Waals surface area (Å²) in [6, 6.07) is 19.5. The Hall–Kier alpha value is -3.08. The van der Waals surface area contributed by atoms with Crippen molar-refractivity contribution >= 4 is 5.91 Å². The summed E-state index contributed by atoms with van der Waals surface area (Å²) in [5.74, 6) is 0.350. The number of ether oxygens (including phenoxy) is 1. The van der Waals surface area contributed by atoms with Gasteiger partial charge in [0.2, 0.25) is 5.91 Å². The summed E-state index contributed by atoms with van der Waals surface area (Å²) >= 11 is 0. The zero-order valence-corrected chi connectivity index (χ0v) is 14.3. The first-order valence-corrected chi connectivity index (χ1v) is 8.44. The maximum absolute atomic E-state index is 13.6. The first kappa shape index (κ1) is 17.7. The van der Waals surface area contributed by atoms with Gasteiger partial charge in [-0.05, 0) is 29.8 Å². The Balaban J connectivity index is 1.61. The molecule has 0 aliphatic heterocycles. The average Bonchev–Trinajstić information content (AvgIpc) is 3.17. The number of hydrogen-bond acceptors (Lipinski definition) is 3. The van der Waals surface area contributed by atoms with Gasteiger partial charge in [0.05, 0.1) is 25.8 Å². The zero-order valence-electron chi connectivity index (χ0n) is 14.3. The van der Waals surface area contributed by atoms with Crippen molar-refractivity contribution in [1.82, 2.24) is 4.90 Å². The van der Waals surface area contributed by atoms with Crippen LogP contribution in [0.3, 0.4) is 0 Å². The van der Waals surface area contributed by atoms with E-state index in [1.54, 1.807) is 35.4 Å². The molecule has 1 amide bonds. The molecule has 0 fully saturated rings. The monoisotopic (exact) mass is 353 g/mol. The van der Waals surface area contributed by atoms with Gasteiger partial charge >= 0.3 is 0 Å². The highest BCUT2D eigenvalue weighted by Crippen LogP contribution is 2.16. The lowest BCUT2D eigenvalue weighted by Gasteiger charge is -2.22. The van der Waals surface area contributed by atoms with Crippen LogP contribution < -0.4 is 4.74 Å². The van der Waals surface area contributed by atoms with Crippen molar-refractivity contribution in [3.05, 3.63) is 90.1 Å². The van der Waals surface area contributed by atoms with Gasteiger partial charge in [0, 0.05) is 6.54 Å². The summed E-state index contributed by atoms with van der Waals surface area (Å²) in [6.07, 6.45) is 1.74. The van der Waals surface area contributed by atoms with Crippen LogP contribution in [0.25, 0.3) is 0 Å². The third-order valence-corrected chi connectivity index (χ3v) is 3.91. The van der Waals surface area contributed by atoms with Gasteiger partial charge in [0.1, 0.15) is 5.76 Å². The van der Waals surface area contributed by atoms with Gasteiger partial charge < -0.3 is 14.1 Å². The van der Waals surface area contributed by atoms with Crippen molar-refractivity contribution in [2.24, 2.45) is 0 Å². The molecular formula is C21H20FNO3. The number of carbonyl (C=O) groups is 1. The Labute approximate surface area is 151 Å². The molecule has 1 heterocycles. The molecule has 5 heteroatoms. The van der Waals surface area contributed by atoms with Crippen LogP contribution in [0, 0.1) is 5.82 Å². The van der Waals surface area contributed by atoms with E-state index in [0.717, 1.165) is 5.56 Å². The Morgan fingerprint density at radius 2 is 1.73 bits per heavy atom. The number of benzene rings is 2. The van der Waals surface area contributed by atoms with E-state index in [-0.39, 0.29) is 24.7 Å². The van der Waals surface area contributed by atoms with E-state index >= 15 is 0 Å². The van der Waals surface area contributed by atoms with Crippen molar-refractivity contribution in [2.45, 2.75) is 19.5 Å². The Kier molecular flexibility index (Phi) is 6.04. The largest absolute Gasteiger partial charge is 0.490 e. The van der Waals surface area contributed by atoms with E-state index in [4.69, 9.17) is 9.15 Å². The van der Waals surface area contributed by atoms with Crippen LogP contribution in [0.1, 0.15) is 17.7 Å². The van der Waals surface area contributed by atoms with Crippen molar-refractivity contribution in [2.75, 3.05) is 6.61 Å². The molecule has 0 atom stereocenters. The molecule has 0 bridgehead atoms. The third-order valence-electron chi connectivity index (χ3n) is 3.91. The molecule has 0 radical (unpaired) electrons. The fourth-order valence-corrected chi connectivity index (χ4v) is 2.59. The van der Waals surface area contributed by atoms with Gasteiger partial charge in [-0.1, -0.05) is 42.5 Å². The number of para-hydroxylation sites is 1. The molecule has 0 spiro atoms. The van der Waals surface area contributed by atoms with Gasteiger partial charge in [0.15, 0.2) is 11.6 Å². The van der Waals surface area contributed by atoms with Crippen LogP contribution in [-0.4, -0.2) is 17.4 Å². The molecule has 0 unspecified atom stereocenters. The van der Waals surface area contributed by atoms with Crippen LogP contribution in [0.15, 0.2) is 77.4 Å². The lowest BCUT2D eigenvalue weighted by molar-refractivity contribution is -0.133. The molecule has 4 nitrogen and oxygen atoms in total. The van der Waals surface area contributed by atoms with Crippen LogP contribution in [0.5, 0.6) is 5.75 Å². The highest BCUT2D eigenvalue weighted by atomic mass is 19.1. The summed E-state index contributed by atoms with van der Waals surface area (Å²) in [5, 5.41) is 0. The van der Waals surface area contributed by atoms with Crippen molar-refractivity contribution in [3.8, 4) is 5.75 Å². The molecule has 134 valence electrons. The summed E-state index contributed by atoms with van der Waals surface area (Å²) in [7, 11) is 0. The van der Waals surface area contributed by atoms with Gasteiger partial charge in [-0.25, -0.2) is 4.39 Å². The number of carbonyl (C=O) groups excluding carboxylic acids is 1. The standard InChI is InChI=1S/C21H20FNO3/c22-19-10-4-5-11-20(19)26-14-12-21(24)23(16-18-9-6-13-25-18)15-17-7-2-1-3-8-17/h1-11,13H,12,14-16H2. The van der Waals surface area contributed by atoms with E-state index in [2.05, 4.69) is 0 Å². The van der Waals surface area contributed by atoms with Crippen molar-refractivity contribution in [3.63, 3.8) is 0 Å². The normalized spacial score (nSPS) is 10.5. The fourth-order valence-electron chi connectivity index (χ4n) is 2.59. The molecule has 1 aromatic heterocycles. The maximum Gasteiger partial charge on any atom is 0.226 e. The second-order valence-corrected chi connectivity index (χ2v) is 5.84. The smallest absolute Gasteiger partial charge is 0.226 e. The van der Waals surface area contributed by atoms with Crippen molar-refractivity contribution in [1.29, 1.82) is 0 Å². The molecule has 26 heavy (non-hydrogen) atoms. The fraction of sp³-hybridized carbons (Fsp3) is 0.190. The van der Waals surface area contributed by atoms with E-state index in [1.165, 1.54) is 6.07 Å². The first-order chi connectivity index (χ1) is 12.7. The van der Waals surface area contributed by atoms with Crippen LogP contribution in [0.2, 0.25) is 0 Å². The second-order valence-electron chi connectivity index (χ2n) is 5.84. The molecule has 0 saturated carbocycles. The SMILES string of the molecule is O=C(CCOc1ccccc1F)N(Cc1ccccc1)Cc1ccco1. The summed E-state index contributed by atoms with van der Waals surface area (Å²) in [6.45, 7) is 0.962. The second kappa shape index (κ2) is 8.85. The highest BCUT2D eigenvalue weighted by Gasteiger charge is 2.16. The molecule has 3 rings (SSSR count). The Bertz CT molecular complexity index is 818. The minimum Gasteiger partial charge on any atom is -0.490 e. The van der Waals surface area contributed by atoms with Crippen LogP contribution >= 0.6 is 0 Å². The quantitative estimate of drug-likeness (QED) is 0.602. The topological polar surface area (TPSA) is 42.7 Å². The van der Waals surface area contributed by atoms with Crippen LogP contribution in [0.4, 0.5) is 4.39 Å². The minimum absolute atomic E-state index is 0.0819. The van der Waals surface area contributed by atoms with E-state index < -0.39 is 5.82 Å². The number of amides is 1. The number of furan rings is 1. The minimum atomic E-state index is -0.434. The number of halogens is 1. The molecular weight excluding hydrogens is 333 g/mol. The van der Waals surface area contributed by atoms with Crippen LogP contribution in [-0.2, 0) is 17.9 Å². The van der Waals surface area contributed by atoms with Gasteiger partial charge in [-0.2, -0.15) is 0 Å². The molecule has 3 aromatic rings. The number of rotatable bonds is 8. The summed E-state index contributed by atoms with van der Waals surface area (Å²) in [4.78, 5) is 14.4. The molecule has 0 aliphatic carbocycles. The molecule has 2 aromatic carbocycles. The predicted molar refractivity (Wildman–Crippen MR) is 95.9 cm³/mol. The molecule has 0 aliphatic rings. The lowest BCUT2D eigenvalue weighted by atomic mass is 10.2. The average molecular weight is 353 g/mol. The lowest BCUT2D eigenvalue weighted by Crippen LogP contribution is -2.31. The summed E-state index contributed by atoms with van der Waals surface area (Å²) < 4.78 is 24.3. The third kappa shape index (κ3) is 4.96. The number of hydrogen-bond donors (Lipinski definition) is 0. The molecule has 0 saturated heterocycles. The Morgan fingerprint density at radius 3 is 2.46 bits per heavy atom. The number of nitrogens with zero attached hydrogens (tertiary/aromatic N) is 1. The van der Waals surface area contributed by atoms with Gasteiger partial charge in [-0.15, -0.1) is 0 Å². The van der Waals surface area contributed by atoms with Crippen molar-refractivity contribution < 1.29 is 18.3 Å². The zero-order chi connectivity index (χ0) is 18.2. The molecule has 0 N–H and O–H groups in total. The van der Waals surface area contributed by atoms with Gasteiger partial charge in [-0.3, -0.25) is 4.79 Å².